The molecule has 0 radical (unpaired) electrons. The van der Waals surface area contributed by atoms with Crippen LogP contribution < -0.4 is 10.9 Å². The molecule has 3 aromatic rings. The summed E-state index contributed by atoms with van der Waals surface area (Å²) in [4.78, 5) is 42.7. The minimum absolute atomic E-state index is 0.108. The fourth-order valence-corrected chi connectivity index (χ4v) is 4.57. The van der Waals surface area contributed by atoms with Gasteiger partial charge in [-0.15, -0.1) is 11.3 Å². The van der Waals surface area contributed by atoms with Crippen molar-refractivity contribution in [1.82, 2.24) is 9.55 Å². The van der Waals surface area contributed by atoms with Crippen LogP contribution in [0.2, 0.25) is 0 Å². The predicted molar refractivity (Wildman–Crippen MR) is 112 cm³/mol. The standard InChI is InChI=1S/C21H21N3O4S/c1-3-13-6-8-14(9-7-13)22-16(25)11-28-21(27)18-12(2)17-19(29-18)23-15-5-4-10-24(15)20(17)26/h6-9H,3-5,10-11H2,1-2H3,(H,22,25). The van der Waals surface area contributed by atoms with Gasteiger partial charge < -0.3 is 10.1 Å². The zero-order valence-electron chi connectivity index (χ0n) is 16.3. The highest BCUT2D eigenvalue weighted by molar-refractivity contribution is 7.20. The molecule has 0 saturated heterocycles. The molecule has 0 bridgehead atoms. The van der Waals surface area contributed by atoms with Crippen LogP contribution >= 0.6 is 11.3 Å². The molecule has 0 unspecified atom stereocenters. The lowest BCUT2D eigenvalue weighted by Crippen LogP contribution is -2.21. The quantitative estimate of drug-likeness (QED) is 0.652. The van der Waals surface area contributed by atoms with Gasteiger partial charge in [-0.1, -0.05) is 19.1 Å². The number of benzene rings is 1. The number of carbonyl (C=O) groups is 2. The summed E-state index contributed by atoms with van der Waals surface area (Å²) in [6.45, 7) is 4.03. The summed E-state index contributed by atoms with van der Waals surface area (Å²) in [6, 6.07) is 7.50. The molecule has 1 N–H and O–H groups in total. The van der Waals surface area contributed by atoms with Gasteiger partial charge in [-0.2, -0.15) is 0 Å². The van der Waals surface area contributed by atoms with E-state index in [0.29, 0.717) is 32.9 Å². The number of rotatable bonds is 5. The number of esters is 1. The van der Waals surface area contributed by atoms with Crippen LogP contribution in [0.15, 0.2) is 29.1 Å². The normalized spacial score (nSPS) is 12.8. The Hall–Kier alpha value is -3.00. The Labute approximate surface area is 171 Å². The van der Waals surface area contributed by atoms with Crippen LogP contribution in [0.5, 0.6) is 0 Å². The molecule has 2 aromatic heterocycles. The van der Waals surface area contributed by atoms with Gasteiger partial charge in [-0.3, -0.25) is 14.2 Å². The first-order chi connectivity index (χ1) is 14.0. The number of fused-ring (bicyclic) bond motifs is 2. The number of aromatic nitrogens is 2. The maximum absolute atomic E-state index is 12.7. The number of amides is 1. The molecular formula is C21H21N3O4S. The van der Waals surface area contributed by atoms with Crippen molar-refractivity contribution in [3.8, 4) is 0 Å². The second-order valence-corrected chi connectivity index (χ2v) is 8.00. The highest BCUT2D eigenvalue weighted by Crippen LogP contribution is 2.29. The van der Waals surface area contributed by atoms with Gasteiger partial charge in [-0.25, -0.2) is 9.78 Å². The maximum Gasteiger partial charge on any atom is 0.349 e. The summed E-state index contributed by atoms with van der Waals surface area (Å²) in [6.07, 6.45) is 2.59. The van der Waals surface area contributed by atoms with Gasteiger partial charge in [0.05, 0.1) is 5.39 Å². The molecular weight excluding hydrogens is 390 g/mol. The van der Waals surface area contributed by atoms with E-state index in [1.54, 1.807) is 11.5 Å². The Morgan fingerprint density at radius 3 is 2.76 bits per heavy atom. The molecule has 29 heavy (non-hydrogen) atoms. The summed E-state index contributed by atoms with van der Waals surface area (Å²) < 4.78 is 6.86. The molecule has 0 saturated carbocycles. The van der Waals surface area contributed by atoms with Crippen LogP contribution in [0.25, 0.3) is 10.2 Å². The first kappa shape index (κ1) is 19.3. The van der Waals surface area contributed by atoms with Crippen molar-refractivity contribution in [2.45, 2.75) is 39.7 Å². The summed E-state index contributed by atoms with van der Waals surface area (Å²) >= 11 is 1.14. The van der Waals surface area contributed by atoms with Crippen LogP contribution in [0.4, 0.5) is 5.69 Å². The molecule has 0 spiro atoms. The fraction of sp³-hybridized carbons (Fsp3) is 0.333. The molecule has 4 rings (SSSR count). The molecule has 3 heterocycles. The van der Waals surface area contributed by atoms with Crippen LogP contribution in [-0.2, 0) is 28.9 Å². The Morgan fingerprint density at radius 1 is 1.28 bits per heavy atom. The Morgan fingerprint density at radius 2 is 2.03 bits per heavy atom. The SMILES string of the molecule is CCc1ccc(NC(=O)COC(=O)c2sc3nc4n(c(=O)c3c2C)CCC4)cc1. The van der Waals surface area contributed by atoms with Crippen molar-refractivity contribution in [2.75, 3.05) is 11.9 Å². The molecule has 1 amide bonds. The molecule has 150 valence electrons. The lowest BCUT2D eigenvalue weighted by atomic mass is 10.1. The van der Waals surface area contributed by atoms with E-state index in [1.165, 1.54) is 5.56 Å². The Balaban J connectivity index is 1.46. The van der Waals surface area contributed by atoms with Crippen molar-refractivity contribution in [3.05, 3.63) is 56.4 Å². The third-order valence-corrected chi connectivity index (χ3v) is 6.24. The molecule has 1 aromatic carbocycles. The van der Waals surface area contributed by atoms with E-state index >= 15 is 0 Å². The van der Waals surface area contributed by atoms with Gasteiger partial charge in [0.25, 0.3) is 11.5 Å². The second kappa shape index (κ2) is 7.79. The van der Waals surface area contributed by atoms with E-state index < -0.39 is 18.5 Å². The third-order valence-electron chi connectivity index (χ3n) is 5.08. The molecule has 1 aliphatic rings. The summed E-state index contributed by atoms with van der Waals surface area (Å²) in [5.74, 6) is -0.276. The molecule has 1 aliphatic heterocycles. The number of thiophene rings is 1. The van der Waals surface area contributed by atoms with Crippen LogP contribution in [0.3, 0.4) is 0 Å². The minimum Gasteiger partial charge on any atom is -0.451 e. The number of nitrogens with one attached hydrogen (secondary N) is 1. The summed E-state index contributed by atoms with van der Waals surface area (Å²) in [7, 11) is 0. The van der Waals surface area contributed by atoms with Crippen molar-refractivity contribution >= 4 is 39.1 Å². The van der Waals surface area contributed by atoms with Gasteiger partial charge >= 0.3 is 5.97 Å². The van der Waals surface area contributed by atoms with Crippen LogP contribution in [0, 0.1) is 6.92 Å². The fourth-order valence-electron chi connectivity index (χ4n) is 3.49. The topological polar surface area (TPSA) is 90.3 Å². The third kappa shape index (κ3) is 3.67. The van der Waals surface area contributed by atoms with E-state index in [0.717, 1.165) is 36.4 Å². The predicted octanol–water partition coefficient (Wildman–Crippen LogP) is 3.07. The first-order valence-corrected chi connectivity index (χ1v) is 10.4. The van der Waals surface area contributed by atoms with Crippen molar-refractivity contribution < 1.29 is 14.3 Å². The van der Waals surface area contributed by atoms with E-state index in [-0.39, 0.29) is 5.56 Å². The van der Waals surface area contributed by atoms with Gasteiger partial charge in [0.1, 0.15) is 15.5 Å². The molecule has 0 aliphatic carbocycles. The highest BCUT2D eigenvalue weighted by atomic mass is 32.1. The zero-order valence-corrected chi connectivity index (χ0v) is 17.1. The number of ether oxygens (including phenoxy) is 1. The van der Waals surface area contributed by atoms with E-state index in [9.17, 15) is 14.4 Å². The Bertz CT molecular complexity index is 1160. The average Bonchev–Trinajstić information content (AvgIpc) is 3.32. The lowest BCUT2D eigenvalue weighted by molar-refractivity contribution is -0.119. The van der Waals surface area contributed by atoms with Crippen LogP contribution in [-0.4, -0.2) is 28.0 Å². The van der Waals surface area contributed by atoms with Gasteiger partial charge in [0, 0.05) is 18.7 Å². The van der Waals surface area contributed by atoms with E-state index in [2.05, 4.69) is 17.2 Å². The monoisotopic (exact) mass is 411 g/mol. The van der Waals surface area contributed by atoms with Gasteiger partial charge in [0.15, 0.2) is 6.61 Å². The molecule has 0 atom stereocenters. The summed E-state index contributed by atoms with van der Waals surface area (Å²) in [5, 5.41) is 3.17. The van der Waals surface area contributed by atoms with Crippen molar-refractivity contribution in [3.63, 3.8) is 0 Å². The number of carbonyl (C=O) groups excluding carboxylic acids is 2. The number of hydrogen-bond donors (Lipinski definition) is 1. The van der Waals surface area contributed by atoms with E-state index in [1.807, 2.05) is 24.3 Å². The number of anilines is 1. The van der Waals surface area contributed by atoms with Crippen molar-refractivity contribution in [1.29, 1.82) is 0 Å². The number of aryl methyl sites for hydroxylation is 3. The maximum atomic E-state index is 12.7. The minimum atomic E-state index is -0.619. The lowest BCUT2D eigenvalue weighted by Gasteiger charge is -2.07. The molecule has 0 fully saturated rings. The van der Waals surface area contributed by atoms with Gasteiger partial charge in [0.2, 0.25) is 0 Å². The first-order valence-electron chi connectivity index (χ1n) is 9.56. The molecule has 7 nitrogen and oxygen atoms in total. The Kier molecular flexibility index (Phi) is 5.19. The largest absolute Gasteiger partial charge is 0.451 e. The summed E-state index contributed by atoms with van der Waals surface area (Å²) in [5.41, 5.74) is 2.27. The smallest absolute Gasteiger partial charge is 0.349 e. The van der Waals surface area contributed by atoms with Crippen molar-refractivity contribution in [2.24, 2.45) is 0 Å². The number of hydrogen-bond acceptors (Lipinski definition) is 6. The van der Waals surface area contributed by atoms with E-state index in [4.69, 9.17) is 4.74 Å². The second-order valence-electron chi connectivity index (χ2n) is 7.00. The zero-order chi connectivity index (χ0) is 20.5. The van der Waals surface area contributed by atoms with Crippen LogP contribution in [0.1, 0.15) is 40.0 Å². The highest BCUT2D eigenvalue weighted by Gasteiger charge is 2.24. The van der Waals surface area contributed by atoms with Gasteiger partial charge in [-0.05, 0) is 43.0 Å². The average molecular weight is 411 g/mol. The molecule has 8 heteroatoms. The number of nitrogens with zero attached hydrogens (tertiary/aromatic N) is 2.